The summed E-state index contributed by atoms with van der Waals surface area (Å²) in [7, 11) is -3.18. The van der Waals surface area contributed by atoms with Gasteiger partial charge >= 0.3 is 0 Å². The van der Waals surface area contributed by atoms with Gasteiger partial charge in [-0.2, -0.15) is 0 Å². The van der Waals surface area contributed by atoms with Gasteiger partial charge in [0.2, 0.25) is 0 Å². The summed E-state index contributed by atoms with van der Waals surface area (Å²) in [6, 6.07) is 7.62. The molecule has 0 unspecified atom stereocenters. The molecule has 1 aromatic carbocycles. The Balaban J connectivity index is 2.27. The average Bonchev–Trinajstić information content (AvgIpc) is 2.33. The first-order valence-corrected chi connectivity index (χ1v) is 7.39. The molecule has 0 atom stereocenters. The van der Waals surface area contributed by atoms with Crippen LogP contribution in [0.1, 0.15) is 24.0 Å². The molecule has 2 rings (SSSR count). The Kier molecular flexibility index (Phi) is 3.48. The van der Waals surface area contributed by atoms with E-state index in [1.807, 2.05) is 43.3 Å². The van der Waals surface area contributed by atoms with Crippen LogP contribution < -0.4 is 0 Å². The van der Waals surface area contributed by atoms with Crippen molar-refractivity contribution >= 4 is 9.84 Å². The molecule has 1 aromatic rings. The Morgan fingerprint density at radius 3 is 2.59 bits per heavy atom. The van der Waals surface area contributed by atoms with Gasteiger partial charge in [-0.3, -0.25) is 0 Å². The van der Waals surface area contributed by atoms with Crippen LogP contribution in [0, 0.1) is 6.92 Å². The summed E-state index contributed by atoms with van der Waals surface area (Å²) in [5.74, 6) is 0.0931. The number of allylic oxidation sites excluding steroid dienone is 3. The fraction of sp³-hybridized carbons (Fsp3) is 0.286. The molecule has 0 fully saturated rings. The minimum Gasteiger partial charge on any atom is -0.223 e. The van der Waals surface area contributed by atoms with E-state index in [4.69, 9.17) is 0 Å². The molecule has 0 spiro atoms. The molecule has 17 heavy (non-hydrogen) atoms. The third-order valence-corrected chi connectivity index (χ3v) is 4.64. The maximum absolute atomic E-state index is 12.2. The van der Waals surface area contributed by atoms with Gasteiger partial charge in [0.15, 0.2) is 9.84 Å². The second kappa shape index (κ2) is 4.88. The lowest BCUT2D eigenvalue weighted by Gasteiger charge is -2.10. The molecule has 0 N–H and O–H groups in total. The minimum atomic E-state index is -3.18. The van der Waals surface area contributed by atoms with E-state index in [-0.39, 0.29) is 5.75 Å². The Hall–Kier alpha value is -1.35. The Labute approximate surface area is 103 Å². The quantitative estimate of drug-likeness (QED) is 0.823. The molecule has 3 heteroatoms. The Bertz CT molecular complexity index is 566. The minimum absolute atomic E-state index is 0.0931. The topological polar surface area (TPSA) is 34.1 Å². The fourth-order valence-electron chi connectivity index (χ4n) is 1.88. The van der Waals surface area contributed by atoms with Gasteiger partial charge in [0.05, 0.1) is 10.7 Å². The monoisotopic (exact) mass is 248 g/mol. The summed E-state index contributed by atoms with van der Waals surface area (Å²) in [6.45, 7) is 1.94. The van der Waals surface area contributed by atoms with Crippen molar-refractivity contribution in [3.8, 4) is 0 Å². The van der Waals surface area contributed by atoms with Gasteiger partial charge in [-0.15, -0.1) is 0 Å². The first kappa shape index (κ1) is 12.1. The first-order valence-electron chi connectivity index (χ1n) is 5.73. The van der Waals surface area contributed by atoms with Gasteiger partial charge < -0.3 is 0 Å². The van der Waals surface area contributed by atoms with Crippen LogP contribution in [0.15, 0.2) is 47.4 Å². The van der Waals surface area contributed by atoms with Crippen LogP contribution in [0.3, 0.4) is 0 Å². The number of aryl methyl sites for hydroxylation is 1. The number of hydrogen-bond acceptors (Lipinski definition) is 2. The van der Waals surface area contributed by atoms with Crippen LogP contribution in [0.4, 0.5) is 0 Å². The summed E-state index contributed by atoms with van der Waals surface area (Å²) in [4.78, 5) is 0.465. The standard InChI is InChI=1S/C14H16O2S/c1-12-7-5-6-8-13(12)11-17(15,16)14-9-3-2-4-10-14/h3,5-10H,2,4,11H2,1H3. The summed E-state index contributed by atoms with van der Waals surface area (Å²) in [5.41, 5.74) is 1.91. The molecular weight excluding hydrogens is 232 g/mol. The van der Waals surface area contributed by atoms with Crippen LogP contribution in [-0.2, 0) is 15.6 Å². The molecule has 1 aliphatic carbocycles. The molecule has 0 saturated carbocycles. The van der Waals surface area contributed by atoms with E-state index in [0.717, 1.165) is 24.0 Å². The highest BCUT2D eigenvalue weighted by Gasteiger charge is 2.18. The summed E-state index contributed by atoms with van der Waals surface area (Å²) < 4.78 is 24.4. The third-order valence-electron chi connectivity index (χ3n) is 2.93. The Morgan fingerprint density at radius 1 is 1.18 bits per heavy atom. The molecule has 1 aliphatic rings. The molecule has 0 amide bonds. The second-order valence-electron chi connectivity index (χ2n) is 4.27. The maximum atomic E-state index is 12.2. The molecule has 0 saturated heterocycles. The smallest absolute Gasteiger partial charge is 0.182 e. The lowest BCUT2D eigenvalue weighted by molar-refractivity contribution is 0.601. The average molecular weight is 248 g/mol. The molecule has 0 aromatic heterocycles. The van der Waals surface area contributed by atoms with Gasteiger partial charge in [0.25, 0.3) is 0 Å². The molecular formula is C14H16O2S. The lowest BCUT2D eigenvalue weighted by atomic mass is 10.1. The van der Waals surface area contributed by atoms with Crippen molar-refractivity contribution in [2.75, 3.05) is 0 Å². The number of hydrogen-bond donors (Lipinski definition) is 0. The van der Waals surface area contributed by atoms with Gasteiger partial charge in [-0.25, -0.2) is 8.42 Å². The zero-order valence-electron chi connectivity index (χ0n) is 9.89. The number of rotatable bonds is 3. The van der Waals surface area contributed by atoms with Crippen LogP contribution in [0.5, 0.6) is 0 Å². The zero-order chi connectivity index (χ0) is 12.3. The van der Waals surface area contributed by atoms with Crippen molar-refractivity contribution in [3.05, 3.63) is 58.5 Å². The summed E-state index contributed by atoms with van der Waals surface area (Å²) in [6.07, 6.45) is 7.21. The van der Waals surface area contributed by atoms with Gasteiger partial charge in [-0.1, -0.05) is 36.4 Å². The van der Waals surface area contributed by atoms with E-state index in [0.29, 0.717) is 4.91 Å². The predicted molar refractivity (Wildman–Crippen MR) is 70.3 cm³/mol. The second-order valence-corrected chi connectivity index (χ2v) is 6.26. The van der Waals surface area contributed by atoms with Crippen LogP contribution in [0.25, 0.3) is 0 Å². The van der Waals surface area contributed by atoms with Crippen LogP contribution in [-0.4, -0.2) is 8.42 Å². The normalized spacial score (nSPS) is 15.7. The van der Waals surface area contributed by atoms with Crippen molar-refractivity contribution in [2.24, 2.45) is 0 Å². The highest BCUT2D eigenvalue weighted by molar-refractivity contribution is 7.94. The molecule has 0 aliphatic heterocycles. The van der Waals surface area contributed by atoms with Crippen molar-refractivity contribution in [3.63, 3.8) is 0 Å². The lowest BCUT2D eigenvalue weighted by Crippen LogP contribution is -2.08. The fourth-order valence-corrected chi connectivity index (χ4v) is 3.46. The zero-order valence-corrected chi connectivity index (χ0v) is 10.7. The highest BCUT2D eigenvalue weighted by atomic mass is 32.2. The molecule has 0 radical (unpaired) electrons. The van der Waals surface area contributed by atoms with Gasteiger partial charge in [0, 0.05) is 0 Å². The molecule has 90 valence electrons. The third kappa shape index (κ3) is 2.86. The van der Waals surface area contributed by atoms with Crippen molar-refractivity contribution in [2.45, 2.75) is 25.5 Å². The van der Waals surface area contributed by atoms with Gasteiger partial charge in [0.1, 0.15) is 0 Å². The van der Waals surface area contributed by atoms with Crippen molar-refractivity contribution in [1.29, 1.82) is 0 Å². The van der Waals surface area contributed by atoms with Gasteiger partial charge in [-0.05, 0) is 37.0 Å². The largest absolute Gasteiger partial charge is 0.223 e. The summed E-state index contributed by atoms with van der Waals surface area (Å²) in [5, 5.41) is 0. The van der Waals surface area contributed by atoms with E-state index in [2.05, 4.69) is 0 Å². The predicted octanol–water partition coefficient (Wildman–Crippen LogP) is 3.14. The summed E-state index contributed by atoms with van der Waals surface area (Å²) >= 11 is 0. The van der Waals surface area contributed by atoms with E-state index < -0.39 is 9.84 Å². The molecule has 0 heterocycles. The van der Waals surface area contributed by atoms with Crippen molar-refractivity contribution < 1.29 is 8.42 Å². The maximum Gasteiger partial charge on any atom is 0.182 e. The Morgan fingerprint density at radius 2 is 1.94 bits per heavy atom. The van der Waals surface area contributed by atoms with Crippen molar-refractivity contribution in [1.82, 2.24) is 0 Å². The van der Waals surface area contributed by atoms with E-state index in [1.165, 1.54) is 0 Å². The van der Waals surface area contributed by atoms with E-state index in [1.54, 1.807) is 6.08 Å². The van der Waals surface area contributed by atoms with E-state index >= 15 is 0 Å². The number of benzene rings is 1. The first-order chi connectivity index (χ1) is 8.09. The SMILES string of the molecule is Cc1ccccc1CS(=O)(=O)C1=CCCC=C1. The highest BCUT2D eigenvalue weighted by Crippen LogP contribution is 2.21. The molecule has 0 bridgehead atoms. The van der Waals surface area contributed by atoms with E-state index in [9.17, 15) is 8.42 Å². The van der Waals surface area contributed by atoms with Crippen LogP contribution in [0.2, 0.25) is 0 Å². The molecule has 2 nitrogen and oxygen atoms in total. The number of sulfone groups is 1. The van der Waals surface area contributed by atoms with Crippen LogP contribution >= 0.6 is 0 Å².